The predicted octanol–water partition coefficient (Wildman–Crippen LogP) is 6.28. The van der Waals surface area contributed by atoms with Gasteiger partial charge < -0.3 is 4.90 Å². The molecule has 0 saturated heterocycles. The van der Waals surface area contributed by atoms with E-state index < -0.39 is 0 Å². The van der Waals surface area contributed by atoms with Crippen molar-refractivity contribution >= 4 is 11.4 Å². The molecule has 126 valence electrons. The molecule has 0 aliphatic carbocycles. The van der Waals surface area contributed by atoms with Gasteiger partial charge in [-0.2, -0.15) is 0 Å². The molecule has 1 nitrogen and oxygen atoms in total. The van der Waals surface area contributed by atoms with Crippen molar-refractivity contribution in [2.24, 2.45) is 0 Å². The Morgan fingerprint density at radius 1 is 1.04 bits per heavy atom. The largest absolute Gasteiger partial charge is 0.337 e. The number of hydrogen-bond acceptors (Lipinski definition) is 1. The minimum Gasteiger partial charge on any atom is -0.337 e. The highest BCUT2D eigenvalue weighted by atomic mass is 15.2. The molecule has 0 radical (unpaired) electrons. The van der Waals surface area contributed by atoms with Gasteiger partial charge >= 0.3 is 0 Å². The van der Waals surface area contributed by atoms with Crippen molar-refractivity contribution in [2.75, 3.05) is 4.90 Å². The summed E-state index contributed by atoms with van der Waals surface area (Å²) in [6.45, 7) is 12.0. The average Bonchev–Trinajstić information content (AvgIpc) is 2.93. The van der Waals surface area contributed by atoms with E-state index in [1.165, 1.54) is 59.2 Å². The first-order chi connectivity index (χ1) is 11.6. The third-order valence-electron chi connectivity index (χ3n) is 5.24. The molecule has 0 atom stereocenters. The Kier molecular flexibility index (Phi) is 5.08. The molecule has 0 aromatic heterocycles. The molecule has 1 heterocycles. The average molecular weight is 319 g/mol. The van der Waals surface area contributed by atoms with Crippen LogP contribution >= 0.6 is 0 Å². The van der Waals surface area contributed by atoms with Gasteiger partial charge in [-0.3, -0.25) is 0 Å². The molecule has 0 N–H and O–H groups in total. The Bertz CT molecular complexity index is 742. The van der Waals surface area contributed by atoms with Crippen molar-refractivity contribution in [1.29, 1.82) is 0 Å². The molecule has 0 spiro atoms. The molecule has 1 aliphatic heterocycles. The van der Waals surface area contributed by atoms with E-state index >= 15 is 0 Å². The first-order valence-corrected chi connectivity index (χ1v) is 9.32. The van der Waals surface area contributed by atoms with Gasteiger partial charge in [0.25, 0.3) is 0 Å². The Labute approximate surface area is 147 Å². The van der Waals surface area contributed by atoms with Crippen molar-refractivity contribution in [2.45, 2.75) is 59.4 Å². The number of fused-ring (bicyclic) bond motifs is 1. The zero-order chi connectivity index (χ0) is 17.1. The molecular formula is C23H29N. The minimum absolute atomic E-state index is 0.940. The van der Waals surface area contributed by atoms with E-state index in [-0.39, 0.29) is 0 Å². The summed E-state index contributed by atoms with van der Waals surface area (Å²) in [6.07, 6.45) is 6.12. The topological polar surface area (TPSA) is 3.24 Å². The van der Waals surface area contributed by atoms with Gasteiger partial charge in [-0.05, 0) is 66.6 Å². The van der Waals surface area contributed by atoms with Crippen LogP contribution < -0.4 is 4.90 Å². The zero-order valence-corrected chi connectivity index (χ0v) is 15.4. The maximum atomic E-state index is 4.38. The molecule has 3 rings (SSSR count). The van der Waals surface area contributed by atoms with Gasteiger partial charge in [0.05, 0.1) is 0 Å². The SMILES string of the molecule is C=C1c2cc(CC)ccc2CN1c1ccc(C)c(CCCCC)c1. The smallest absolute Gasteiger partial charge is 0.0488 e. The van der Waals surface area contributed by atoms with Gasteiger partial charge in [0.1, 0.15) is 0 Å². The van der Waals surface area contributed by atoms with E-state index in [2.05, 4.69) is 68.6 Å². The molecule has 2 aromatic carbocycles. The molecule has 0 saturated carbocycles. The number of benzene rings is 2. The lowest BCUT2D eigenvalue weighted by Crippen LogP contribution is -2.13. The van der Waals surface area contributed by atoms with Gasteiger partial charge in [-0.25, -0.2) is 0 Å². The van der Waals surface area contributed by atoms with Crippen LogP contribution in [0.15, 0.2) is 43.0 Å². The van der Waals surface area contributed by atoms with Crippen molar-refractivity contribution in [3.63, 3.8) is 0 Å². The van der Waals surface area contributed by atoms with Gasteiger partial charge in [0, 0.05) is 23.5 Å². The fourth-order valence-electron chi connectivity index (χ4n) is 3.57. The van der Waals surface area contributed by atoms with Crippen LogP contribution in [0.5, 0.6) is 0 Å². The standard InChI is InChI=1S/C23H29N/c1-5-7-8-9-20-15-22(13-10-17(20)3)24-16-21-12-11-19(6-2)14-23(21)18(24)4/h10-15H,4-9,16H2,1-3H3. The highest BCUT2D eigenvalue weighted by Gasteiger charge is 2.23. The van der Waals surface area contributed by atoms with Crippen LogP contribution in [0.1, 0.15) is 60.9 Å². The first-order valence-electron chi connectivity index (χ1n) is 9.32. The molecule has 0 bridgehead atoms. The van der Waals surface area contributed by atoms with Gasteiger partial charge in [0.15, 0.2) is 0 Å². The highest BCUT2D eigenvalue weighted by Crippen LogP contribution is 2.37. The summed E-state index contributed by atoms with van der Waals surface area (Å²) in [6, 6.07) is 13.7. The predicted molar refractivity (Wildman–Crippen MR) is 105 cm³/mol. The first kappa shape index (κ1) is 16.8. The maximum absolute atomic E-state index is 4.38. The van der Waals surface area contributed by atoms with E-state index in [1.807, 2.05) is 0 Å². The van der Waals surface area contributed by atoms with Crippen molar-refractivity contribution in [1.82, 2.24) is 0 Å². The number of unbranched alkanes of at least 4 members (excludes halogenated alkanes) is 2. The number of rotatable bonds is 6. The third kappa shape index (κ3) is 3.26. The summed E-state index contributed by atoms with van der Waals surface area (Å²) in [7, 11) is 0. The van der Waals surface area contributed by atoms with Crippen LogP contribution in [0.25, 0.3) is 5.70 Å². The number of nitrogens with zero attached hydrogens (tertiary/aromatic N) is 1. The lowest BCUT2D eigenvalue weighted by atomic mass is 10.0. The second kappa shape index (κ2) is 7.25. The van der Waals surface area contributed by atoms with E-state index in [4.69, 9.17) is 0 Å². The molecule has 2 aromatic rings. The molecule has 0 fully saturated rings. The summed E-state index contributed by atoms with van der Waals surface area (Å²) in [5.41, 5.74) is 9.42. The van der Waals surface area contributed by atoms with E-state index in [0.29, 0.717) is 0 Å². The summed E-state index contributed by atoms with van der Waals surface area (Å²) < 4.78 is 0. The van der Waals surface area contributed by atoms with Crippen molar-refractivity contribution in [3.05, 3.63) is 70.8 Å². The molecule has 24 heavy (non-hydrogen) atoms. The summed E-state index contributed by atoms with van der Waals surface area (Å²) in [5, 5.41) is 0. The summed E-state index contributed by atoms with van der Waals surface area (Å²) in [5.74, 6) is 0. The summed E-state index contributed by atoms with van der Waals surface area (Å²) >= 11 is 0. The van der Waals surface area contributed by atoms with Crippen molar-refractivity contribution in [3.8, 4) is 0 Å². The lowest BCUT2D eigenvalue weighted by Gasteiger charge is -2.21. The monoisotopic (exact) mass is 319 g/mol. The zero-order valence-electron chi connectivity index (χ0n) is 15.4. The fourth-order valence-corrected chi connectivity index (χ4v) is 3.57. The Hall–Kier alpha value is -2.02. The van der Waals surface area contributed by atoms with Gasteiger partial charge in [0.2, 0.25) is 0 Å². The minimum atomic E-state index is 0.940. The lowest BCUT2D eigenvalue weighted by molar-refractivity contribution is 0.715. The Morgan fingerprint density at radius 2 is 1.88 bits per heavy atom. The Balaban J connectivity index is 1.85. The number of aryl methyl sites for hydroxylation is 3. The van der Waals surface area contributed by atoms with E-state index in [9.17, 15) is 0 Å². The number of hydrogen-bond donors (Lipinski definition) is 0. The van der Waals surface area contributed by atoms with Crippen LogP contribution in [-0.2, 0) is 19.4 Å². The van der Waals surface area contributed by atoms with Crippen LogP contribution in [0.4, 0.5) is 5.69 Å². The van der Waals surface area contributed by atoms with E-state index in [1.54, 1.807) is 0 Å². The molecular weight excluding hydrogens is 290 g/mol. The van der Waals surface area contributed by atoms with Crippen molar-refractivity contribution < 1.29 is 0 Å². The number of anilines is 1. The van der Waals surface area contributed by atoms with Crippen LogP contribution in [0.2, 0.25) is 0 Å². The quantitative estimate of drug-likeness (QED) is 0.566. The normalized spacial score (nSPS) is 13.5. The second-order valence-electron chi connectivity index (χ2n) is 6.95. The van der Waals surface area contributed by atoms with Crippen LogP contribution in [-0.4, -0.2) is 0 Å². The molecule has 1 aliphatic rings. The van der Waals surface area contributed by atoms with Crippen LogP contribution in [0, 0.1) is 6.92 Å². The fraction of sp³-hybridized carbons (Fsp3) is 0.391. The molecule has 0 unspecified atom stereocenters. The molecule has 0 amide bonds. The highest BCUT2D eigenvalue weighted by molar-refractivity contribution is 5.84. The Morgan fingerprint density at radius 3 is 2.62 bits per heavy atom. The second-order valence-corrected chi connectivity index (χ2v) is 6.95. The van der Waals surface area contributed by atoms with Crippen LogP contribution in [0.3, 0.4) is 0 Å². The van der Waals surface area contributed by atoms with E-state index in [0.717, 1.165) is 18.7 Å². The van der Waals surface area contributed by atoms with Gasteiger partial charge in [-0.15, -0.1) is 0 Å². The maximum Gasteiger partial charge on any atom is 0.0488 e. The third-order valence-corrected chi connectivity index (χ3v) is 5.24. The van der Waals surface area contributed by atoms with Gasteiger partial charge in [-0.1, -0.05) is 51.5 Å². The molecule has 1 heteroatoms. The summed E-state index contributed by atoms with van der Waals surface area (Å²) in [4.78, 5) is 2.37.